The van der Waals surface area contributed by atoms with E-state index in [0.29, 0.717) is 12.5 Å². The van der Waals surface area contributed by atoms with Crippen LogP contribution in [0.3, 0.4) is 0 Å². The highest BCUT2D eigenvalue weighted by Crippen LogP contribution is 2.29. The number of hydrogen-bond acceptors (Lipinski definition) is 2. The maximum absolute atomic E-state index is 13.7. The van der Waals surface area contributed by atoms with Crippen LogP contribution in [-0.2, 0) is 13.6 Å². The lowest BCUT2D eigenvalue weighted by atomic mass is 10.2. The van der Waals surface area contributed by atoms with E-state index in [1.54, 1.807) is 6.07 Å². The van der Waals surface area contributed by atoms with Crippen LogP contribution in [0.2, 0.25) is 0 Å². The summed E-state index contributed by atoms with van der Waals surface area (Å²) in [5.41, 5.74) is -0.747. The van der Waals surface area contributed by atoms with Gasteiger partial charge in [0.15, 0.2) is 0 Å². The van der Waals surface area contributed by atoms with Crippen LogP contribution in [0.4, 0.5) is 4.39 Å². The Morgan fingerprint density at radius 2 is 2.06 bits per heavy atom. The second kappa shape index (κ2) is 3.80. The van der Waals surface area contributed by atoms with Crippen LogP contribution in [0, 0.1) is 11.7 Å². The molecule has 1 aromatic heterocycles. The molecule has 0 bridgehead atoms. The smallest absolute Gasteiger partial charge is 0.293 e. The Bertz CT molecular complexity index is 741. The molecule has 1 saturated carbocycles. The lowest BCUT2D eigenvalue weighted by Crippen LogP contribution is -2.39. The molecule has 0 N–H and O–H groups in total. The fraction of sp³-hybridized carbons (Fsp3) is 0.385. The molecular formula is C13H13FN2O2. The van der Waals surface area contributed by atoms with Crippen molar-refractivity contribution >= 4 is 10.9 Å². The van der Waals surface area contributed by atoms with Crippen LogP contribution in [-0.4, -0.2) is 9.13 Å². The van der Waals surface area contributed by atoms with Gasteiger partial charge in [-0.05, 0) is 30.9 Å². The molecule has 1 aliphatic rings. The molecule has 1 fully saturated rings. The van der Waals surface area contributed by atoms with E-state index in [1.807, 2.05) is 0 Å². The molecule has 1 aromatic carbocycles. The van der Waals surface area contributed by atoms with Crippen molar-refractivity contribution in [3.63, 3.8) is 0 Å². The van der Waals surface area contributed by atoms with Gasteiger partial charge in [-0.1, -0.05) is 6.07 Å². The molecule has 3 rings (SSSR count). The summed E-state index contributed by atoms with van der Waals surface area (Å²) in [6, 6.07) is 4.31. The zero-order valence-electron chi connectivity index (χ0n) is 10.0. The zero-order valence-corrected chi connectivity index (χ0v) is 10.0. The third-order valence-electron chi connectivity index (χ3n) is 3.45. The molecule has 0 radical (unpaired) electrons. The van der Waals surface area contributed by atoms with E-state index in [0.717, 1.165) is 12.8 Å². The molecule has 5 heteroatoms. The van der Waals surface area contributed by atoms with Gasteiger partial charge in [0.25, 0.3) is 5.56 Å². The van der Waals surface area contributed by atoms with Crippen LogP contribution < -0.4 is 11.2 Å². The zero-order chi connectivity index (χ0) is 12.9. The number of aryl methyl sites for hydroxylation is 1. The molecule has 1 heterocycles. The third kappa shape index (κ3) is 1.58. The van der Waals surface area contributed by atoms with Crippen molar-refractivity contribution < 1.29 is 4.39 Å². The fourth-order valence-corrected chi connectivity index (χ4v) is 2.26. The second-order valence-electron chi connectivity index (χ2n) is 4.84. The van der Waals surface area contributed by atoms with Crippen LogP contribution >= 0.6 is 0 Å². The quantitative estimate of drug-likeness (QED) is 0.802. The molecule has 4 nitrogen and oxygen atoms in total. The van der Waals surface area contributed by atoms with Crippen LogP contribution in [0.5, 0.6) is 0 Å². The van der Waals surface area contributed by atoms with Gasteiger partial charge in [-0.2, -0.15) is 0 Å². The van der Waals surface area contributed by atoms with Crippen molar-refractivity contribution in [2.45, 2.75) is 19.4 Å². The van der Waals surface area contributed by atoms with Crippen molar-refractivity contribution in [1.29, 1.82) is 0 Å². The summed E-state index contributed by atoms with van der Waals surface area (Å²) < 4.78 is 16.1. The van der Waals surface area contributed by atoms with E-state index < -0.39 is 11.5 Å². The number of aromatic nitrogens is 2. The first-order valence-corrected chi connectivity index (χ1v) is 5.97. The molecule has 0 spiro atoms. The number of halogens is 1. The minimum Gasteiger partial charge on any atom is -0.293 e. The molecule has 0 atom stereocenters. The van der Waals surface area contributed by atoms with Crippen LogP contribution in [0.15, 0.2) is 27.8 Å². The Balaban J connectivity index is 2.39. The molecule has 0 saturated heterocycles. The summed E-state index contributed by atoms with van der Waals surface area (Å²) in [4.78, 5) is 24.3. The monoisotopic (exact) mass is 248 g/mol. The van der Waals surface area contributed by atoms with Gasteiger partial charge in [-0.3, -0.25) is 13.9 Å². The van der Waals surface area contributed by atoms with E-state index in [-0.39, 0.29) is 16.5 Å². The Labute approximate surface area is 102 Å². The van der Waals surface area contributed by atoms with Gasteiger partial charge in [0.2, 0.25) is 0 Å². The summed E-state index contributed by atoms with van der Waals surface area (Å²) in [5, 5.41) is 0.262. The first-order valence-electron chi connectivity index (χ1n) is 5.97. The molecule has 18 heavy (non-hydrogen) atoms. The van der Waals surface area contributed by atoms with Gasteiger partial charge in [0.05, 0.1) is 10.9 Å². The lowest BCUT2D eigenvalue weighted by molar-refractivity contribution is 0.553. The molecule has 2 aromatic rings. The third-order valence-corrected chi connectivity index (χ3v) is 3.45. The first kappa shape index (κ1) is 11.2. The Hall–Kier alpha value is -1.91. The number of rotatable bonds is 2. The van der Waals surface area contributed by atoms with E-state index in [9.17, 15) is 14.0 Å². The van der Waals surface area contributed by atoms with Gasteiger partial charge >= 0.3 is 5.69 Å². The van der Waals surface area contributed by atoms with E-state index in [1.165, 1.54) is 28.3 Å². The first-order chi connectivity index (χ1) is 8.59. The Kier molecular flexibility index (Phi) is 2.36. The Morgan fingerprint density at radius 3 is 2.72 bits per heavy atom. The van der Waals surface area contributed by atoms with Crippen LogP contribution in [0.25, 0.3) is 10.9 Å². The number of nitrogens with zero attached hydrogens (tertiary/aromatic N) is 2. The van der Waals surface area contributed by atoms with E-state index in [2.05, 4.69) is 0 Å². The van der Waals surface area contributed by atoms with Crippen LogP contribution in [0.1, 0.15) is 12.8 Å². The molecule has 0 amide bonds. The summed E-state index contributed by atoms with van der Waals surface area (Å²) in [7, 11) is 1.50. The molecule has 94 valence electrons. The standard InChI is InChI=1S/C13H13FN2O2/c1-15-11-9(3-2-4-10(11)14)12(17)16(13(15)18)7-8-5-6-8/h2-4,8H,5-7H2,1H3. The van der Waals surface area contributed by atoms with Gasteiger partial charge < -0.3 is 0 Å². The topological polar surface area (TPSA) is 44.0 Å². The minimum atomic E-state index is -0.539. The average molecular weight is 248 g/mol. The van der Waals surface area contributed by atoms with Gasteiger partial charge in [0, 0.05) is 13.6 Å². The fourth-order valence-electron chi connectivity index (χ4n) is 2.26. The van der Waals surface area contributed by atoms with Gasteiger partial charge in [0.1, 0.15) is 5.82 Å². The highest BCUT2D eigenvalue weighted by Gasteiger charge is 2.24. The number of benzene rings is 1. The molecule has 0 aliphatic heterocycles. The average Bonchev–Trinajstić information content (AvgIpc) is 3.15. The van der Waals surface area contributed by atoms with E-state index >= 15 is 0 Å². The lowest BCUT2D eigenvalue weighted by Gasteiger charge is -2.10. The predicted molar refractivity (Wildman–Crippen MR) is 66.1 cm³/mol. The van der Waals surface area contributed by atoms with Crippen molar-refractivity contribution in [3.8, 4) is 0 Å². The van der Waals surface area contributed by atoms with Crippen molar-refractivity contribution in [1.82, 2.24) is 9.13 Å². The SMILES string of the molecule is Cn1c(=O)n(CC2CC2)c(=O)c2cccc(F)c21. The Morgan fingerprint density at radius 1 is 1.33 bits per heavy atom. The van der Waals surface area contributed by atoms with E-state index in [4.69, 9.17) is 0 Å². The molecule has 0 unspecified atom stereocenters. The van der Waals surface area contributed by atoms with Crippen molar-refractivity contribution in [2.75, 3.05) is 0 Å². The highest BCUT2D eigenvalue weighted by molar-refractivity contribution is 5.78. The number of para-hydroxylation sites is 1. The molecular weight excluding hydrogens is 235 g/mol. The summed E-state index contributed by atoms with van der Waals surface area (Å²) in [6.45, 7) is 0.442. The summed E-state index contributed by atoms with van der Waals surface area (Å²) in [5.74, 6) is -0.121. The van der Waals surface area contributed by atoms with Crippen molar-refractivity contribution in [3.05, 3.63) is 44.9 Å². The minimum absolute atomic E-state index is 0.0829. The second-order valence-corrected chi connectivity index (χ2v) is 4.84. The largest absolute Gasteiger partial charge is 0.331 e. The predicted octanol–water partition coefficient (Wildman–Crippen LogP) is 1.25. The van der Waals surface area contributed by atoms with Gasteiger partial charge in [-0.15, -0.1) is 0 Å². The molecule has 1 aliphatic carbocycles. The summed E-state index contributed by atoms with van der Waals surface area (Å²) in [6.07, 6.45) is 2.10. The van der Waals surface area contributed by atoms with Crippen molar-refractivity contribution in [2.24, 2.45) is 13.0 Å². The number of hydrogen-bond donors (Lipinski definition) is 0. The van der Waals surface area contributed by atoms with Gasteiger partial charge in [-0.25, -0.2) is 9.18 Å². The summed E-state index contributed by atoms with van der Waals surface area (Å²) >= 11 is 0. The maximum Gasteiger partial charge on any atom is 0.331 e. The number of fused-ring (bicyclic) bond motifs is 1. The normalized spacial score (nSPS) is 15.2. The maximum atomic E-state index is 13.7. The highest BCUT2D eigenvalue weighted by atomic mass is 19.1.